The van der Waals surface area contributed by atoms with Crippen LogP contribution in [-0.2, 0) is 6.54 Å². The van der Waals surface area contributed by atoms with E-state index in [0.29, 0.717) is 17.8 Å². The third-order valence-corrected chi connectivity index (χ3v) is 7.26. The molecule has 0 N–H and O–H groups in total. The number of carbonyl (C=O) groups excluding carboxylic acids is 1. The van der Waals surface area contributed by atoms with E-state index in [0.717, 1.165) is 53.4 Å². The molecule has 35 heavy (non-hydrogen) atoms. The van der Waals surface area contributed by atoms with Crippen molar-refractivity contribution in [1.29, 1.82) is 0 Å². The lowest BCUT2D eigenvalue weighted by molar-refractivity contribution is 0.0737. The number of amides is 1. The topological polar surface area (TPSA) is 50.7 Å². The van der Waals surface area contributed by atoms with Crippen molar-refractivity contribution >= 4 is 11.6 Å². The average Bonchev–Trinajstić information content (AvgIpc) is 3.62. The summed E-state index contributed by atoms with van der Waals surface area (Å²) in [5, 5.41) is 0. The molecule has 2 aliphatic heterocycles. The standard InChI is InChI=1S/C28H26N6O/c1-29-23-7-4-19(5-8-23)21-15-26-27-30-11-13-34(27)25-9-6-20(14-22(25)17-33(26)16-21)28(35)32(3)24-10-12-31(2)18-24/h4-9,11,13-16,24H,10,12,17-18H2,2-3H3/t24-/m1/s1. The highest BCUT2D eigenvalue weighted by Crippen LogP contribution is 2.35. The lowest BCUT2D eigenvalue weighted by Crippen LogP contribution is -2.38. The highest BCUT2D eigenvalue weighted by atomic mass is 16.2. The van der Waals surface area contributed by atoms with Gasteiger partial charge in [0.1, 0.15) is 0 Å². The number of likely N-dealkylation sites (tertiary alicyclic amines) is 1. The molecule has 2 aromatic carbocycles. The molecule has 0 radical (unpaired) electrons. The van der Waals surface area contributed by atoms with Gasteiger partial charge < -0.3 is 14.4 Å². The summed E-state index contributed by atoms with van der Waals surface area (Å²) in [7, 11) is 4.02. The molecule has 4 aromatic rings. The number of likely N-dealkylation sites (N-methyl/N-ethyl adjacent to an activating group) is 2. The molecule has 4 heterocycles. The number of hydrogen-bond donors (Lipinski definition) is 0. The van der Waals surface area contributed by atoms with Gasteiger partial charge in [-0.15, -0.1) is 0 Å². The SMILES string of the molecule is [C-]#[N+]c1ccc(-c2cc3n(c2)Cc2cc(C(=O)N(C)[C@@H]4CCN(C)C4)ccc2-n2ccnc2-3)cc1. The Morgan fingerprint density at radius 3 is 2.71 bits per heavy atom. The minimum Gasteiger partial charge on any atom is -0.340 e. The molecular weight excluding hydrogens is 436 g/mol. The van der Waals surface area contributed by atoms with E-state index in [1.807, 2.05) is 66.8 Å². The smallest absolute Gasteiger partial charge is 0.253 e. The molecule has 1 atom stereocenters. The zero-order chi connectivity index (χ0) is 24.1. The molecule has 0 unspecified atom stereocenters. The summed E-state index contributed by atoms with van der Waals surface area (Å²) in [5.74, 6) is 0.939. The maximum absolute atomic E-state index is 13.4. The normalized spacial score (nSPS) is 16.7. The van der Waals surface area contributed by atoms with Crippen LogP contribution in [0, 0.1) is 6.57 Å². The van der Waals surface area contributed by atoms with Crippen LogP contribution in [0.1, 0.15) is 22.3 Å². The number of imidazole rings is 1. The largest absolute Gasteiger partial charge is 0.340 e. The minimum atomic E-state index is 0.0662. The zero-order valence-electron chi connectivity index (χ0n) is 19.8. The van der Waals surface area contributed by atoms with Gasteiger partial charge in [-0.2, -0.15) is 0 Å². The molecule has 7 nitrogen and oxygen atoms in total. The third kappa shape index (κ3) is 3.63. The Morgan fingerprint density at radius 1 is 1.14 bits per heavy atom. The van der Waals surface area contributed by atoms with E-state index in [1.54, 1.807) is 0 Å². The van der Waals surface area contributed by atoms with Crippen molar-refractivity contribution in [2.24, 2.45) is 0 Å². The number of benzene rings is 2. The second kappa shape index (κ2) is 8.26. The van der Waals surface area contributed by atoms with Crippen LogP contribution in [0.25, 0.3) is 33.2 Å². The molecule has 6 rings (SSSR count). The first-order valence-electron chi connectivity index (χ1n) is 11.8. The van der Waals surface area contributed by atoms with Crippen molar-refractivity contribution in [2.75, 3.05) is 27.2 Å². The number of aromatic nitrogens is 3. The summed E-state index contributed by atoms with van der Waals surface area (Å²) < 4.78 is 4.30. The Kier molecular flexibility index (Phi) is 5.05. The second-order valence-electron chi connectivity index (χ2n) is 9.49. The van der Waals surface area contributed by atoms with E-state index in [-0.39, 0.29) is 11.9 Å². The van der Waals surface area contributed by atoms with Crippen LogP contribution >= 0.6 is 0 Å². The molecule has 2 aromatic heterocycles. The van der Waals surface area contributed by atoms with Gasteiger partial charge in [-0.05, 0) is 55.4 Å². The lowest BCUT2D eigenvalue weighted by Gasteiger charge is -2.25. The summed E-state index contributed by atoms with van der Waals surface area (Å²) in [6.45, 7) is 9.78. The minimum absolute atomic E-state index is 0.0662. The number of carbonyl (C=O) groups is 1. The maximum Gasteiger partial charge on any atom is 0.253 e. The molecule has 2 aliphatic rings. The fraction of sp³-hybridized carbons (Fsp3) is 0.250. The number of hydrogen-bond acceptors (Lipinski definition) is 3. The van der Waals surface area contributed by atoms with E-state index in [2.05, 4.69) is 43.2 Å². The fourth-order valence-electron chi connectivity index (χ4n) is 5.26. The Bertz CT molecular complexity index is 1470. The number of rotatable bonds is 3. The molecule has 0 spiro atoms. The fourth-order valence-corrected chi connectivity index (χ4v) is 5.26. The molecule has 1 amide bonds. The summed E-state index contributed by atoms with van der Waals surface area (Å²) in [6.07, 6.45) is 6.93. The van der Waals surface area contributed by atoms with Crippen LogP contribution in [0.15, 0.2) is 67.1 Å². The van der Waals surface area contributed by atoms with Crippen molar-refractivity contribution in [3.63, 3.8) is 0 Å². The Labute approximate surface area is 204 Å². The Morgan fingerprint density at radius 2 is 1.97 bits per heavy atom. The lowest BCUT2D eigenvalue weighted by atomic mass is 10.1. The summed E-state index contributed by atoms with van der Waals surface area (Å²) in [5.41, 5.74) is 6.63. The van der Waals surface area contributed by atoms with Crippen LogP contribution in [0.5, 0.6) is 0 Å². The van der Waals surface area contributed by atoms with Crippen LogP contribution < -0.4 is 0 Å². The number of fused-ring (bicyclic) bond motifs is 5. The van der Waals surface area contributed by atoms with E-state index in [1.165, 1.54) is 0 Å². The van der Waals surface area contributed by atoms with Gasteiger partial charge in [0.05, 0.1) is 18.0 Å². The van der Waals surface area contributed by atoms with Gasteiger partial charge >= 0.3 is 0 Å². The molecule has 174 valence electrons. The van der Waals surface area contributed by atoms with Crippen LogP contribution in [0.3, 0.4) is 0 Å². The molecule has 0 aliphatic carbocycles. The van der Waals surface area contributed by atoms with Gasteiger partial charge in [0.15, 0.2) is 11.5 Å². The quantitative estimate of drug-likeness (QED) is 0.365. The first-order chi connectivity index (χ1) is 17.0. The first-order valence-corrected chi connectivity index (χ1v) is 11.8. The highest BCUT2D eigenvalue weighted by Gasteiger charge is 2.28. The second-order valence-corrected chi connectivity index (χ2v) is 9.49. The molecule has 0 saturated carbocycles. The van der Waals surface area contributed by atoms with Crippen molar-refractivity contribution in [1.82, 2.24) is 23.9 Å². The molecule has 0 bridgehead atoms. The van der Waals surface area contributed by atoms with Crippen molar-refractivity contribution < 1.29 is 4.79 Å². The van der Waals surface area contributed by atoms with Crippen LogP contribution in [0.2, 0.25) is 0 Å². The number of nitrogens with zero attached hydrogens (tertiary/aromatic N) is 6. The van der Waals surface area contributed by atoms with E-state index in [4.69, 9.17) is 6.57 Å². The van der Waals surface area contributed by atoms with Gasteiger partial charge in [0, 0.05) is 55.9 Å². The molecule has 1 saturated heterocycles. The predicted octanol–water partition coefficient (Wildman–Crippen LogP) is 4.70. The highest BCUT2D eigenvalue weighted by molar-refractivity contribution is 5.95. The first kappa shape index (κ1) is 21.4. The van der Waals surface area contributed by atoms with Gasteiger partial charge in [0.2, 0.25) is 0 Å². The Balaban J connectivity index is 1.37. The monoisotopic (exact) mass is 462 g/mol. The average molecular weight is 463 g/mol. The summed E-state index contributed by atoms with van der Waals surface area (Å²) >= 11 is 0. The van der Waals surface area contributed by atoms with Crippen LogP contribution in [-0.4, -0.2) is 63.1 Å². The third-order valence-electron chi connectivity index (χ3n) is 7.26. The zero-order valence-corrected chi connectivity index (χ0v) is 19.8. The van der Waals surface area contributed by atoms with E-state index < -0.39 is 0 Å². The van der Waals surface area contributed by atoms with Crippen molar-refractivity contribution in [3.8, 4) is 28.3 Å². The van der Waals surface area contributed by atoms with Gasteiger partial charge in [-0.1, -0.05) is 24.3 Å². The maximum atomic E-state index is 13.4. The summed E-state index contributed by atoms with van der Waals surface area (Å²) in [6, 6.07) is 16.1. The predicted molar refractivity (Wildman–Crippen MR) is 136 cm³/mol. The van der Waals surface area contributed by atoms with Crippen molar-refractivity contribution in [3.05, 3.63) is 89.7 Å². The Hall–Kier alpha value is -4.15. The molecule has 1 fully saturated rings. The van der Waals surface area contributed by atoms with Crippen molar-refractivity contribution in [2.45, 2.75) is 19.0 Å². The summed E-state index contributed by atoms with van der Waals surface area (Å²) in [4.78, 5) is 25.7. The van der Waals surface area contributed by atoms with Gasteiger partial charge in [0.25, 0.3) is 5.91 Å². The molecular formula is C28H26N6O. The van der Waals surface area contributed by atoms with Gasteiger partial charge in [-0.25, -0.2) is 9.83 Å². The molecule has 7 heteroatoms. The van der Waals surface area contributed by atoms with Crippen LogP contribution in [0.4, 0.5) is 5.69 Å². The van der Waals surface area contributed by atoms with E-state index in [9.17, 15) is 4.79 Å². The van der Waals surface area contributed by atoms with E-state index >= 15 is 0 Å². The van der Waals surface area contributed by atoms with Gasteiger partial charge in [-0.3, -0.25) is 9.36 Å².